The Morgan fingerprint density at radius 1 is 1.30 bits per heavy atom. The van der Waals surface area contributed by atoms with Gasteiger partial charge in [0.2, 0.25) is 5.91 Å². The molecule has 0 spiro atoms. The molecule has 2 atom stereocenters. The number of amides is 2. The second-order valence-corrected chi connectivity index (χ2v) is 5.98. The molecule has 1 aromatic carbocycles. The van der Waals surface area contributed by atoms with Gasteiger partial charge in [-0.25, -0.2) is 0 Å². The number of nitrogens with one attached hydrogen (secondary N) is 1. The van der Waals surface area contributed by atoms with Crippen LogP contribution in [0.2, 0.25) is 5.02 Å². The van der Waals surface area contributed by atoms with Gasteiger partial charge in [0, 0.05) is 10.7 Å². The van der Waals surface area contributed by atoms with Crippen LogP contribution in [0.3, 0.4) is 0 Å². The Labute approximate surface area is 124 Å². The summed E-state index contributed by atoms with van der Waals surface area (Å²) >= 11 is 6.03. The SMILES string of the molecule is Cc1ccc(Cl)cc1N1C(=O)C(C(C)C)NC(=O)C1C. The maximum Gasteiger partial charge on any atom is 0.250 e. The summed E-state index contributed by atoms with van der Waals surface area (Å²) in [5.41, 5.74) is 1.63. The number of hydrogen-bond donors (Lipinski definition) is 1. The van der Waals surface area contributed by atoms with E-state index in [9.17, 15) is 9.59 Å². The predicted octanol–water partition coefficient (Wildman–Crippen LogP) is 2.52. The lowest BCUT2D eigenvalue weighted by Crippen LogP contribution is -2.64. The van der Waals surface area contributed by atoms with Crippen LogP contribution in [-0.4, -0.2) is 23.9 Å². The molecule has 1 N–H and O–H groups in total. The van der Waals surface area contributed by atoms with E-state index in [2.05, 4.69) is 5.32 Å². The van der Waals surface area contributed by atoms with Gasteiger partial charge in [-0.3, -0.25) is 14.5 Å². The quantitative estimate of drug-likeness (QED) is 0.911. The maximum absolute atomic E-state index is 12.7. The van der Waals surface area contributed by atoms with E-state index in [1.165, 1.54) is 0 Å². The highest BCUT2D eigenvalue weighted by Crippen LogP contribution is 2.29. The first-order chi connectivity index (χ1) is 9.32. The summed E-state index contributed by atoms with van der Waals surface area (Å²) < 4.78 is 0. The molecule has 108 valence electrons. The van der Waals surface area contributed by atoms with E-state index in [4.69, 9.17) is 11.6 Å². The second kappa shape index (κ2) is 5.44. The van der Waals surface area contributed by atoms with Crippen molar-refractivity contribution < 1.29 is 9.59 Å². The van der Waals surface area contributed by atoms with Crippen molar-refractivity contribution in [2.45, 2.75) is 39.8 Å². The van der Waals surface area contributed by atoms with Crippen molar-refractivity contribution in [1.82, 2.24) is 5.32 Å². The van der Waals surface area contributed by atoms with Crippen LogP contribution in [-0.2, 0) is 9.59 Å². The summed E-state index contributed by atoms with van der Waals surface area (Å²) in [5.74, 6) is -0.180. The van der Waals surface area contributed by atoms with E-state index in [1.54, 1.807) is 24.0 Å². The number of piperazine rings is 1. The minimum Gasteiger partial charge on any atom is -0.342 e. The van der Waals surface area contributed by atoms with Crippen molar-refractivity contribution in [2.75, 3.05) is 4.90 Å². The fourth-order valence-corrected chi connectivity index (χ4v) is 2.58. The van der Waals surface area contributed by atoms with E-state index in [-0.39, 0.29) is 17.7 Å². The minimum atomic E-state index is -0.533. The average molecular weight is 295 g/mol. The summed E-state index contributed by atoms with van der Waals surface area (Å²) in [7, 11) is 0. The van der Waals surface area contributed by atoms with Crippen molar-refractivity contribution in [3.8, 4) is 0 Å². The minimum absolute atomic E-state index is 0.0425. The van der Waals surface area contributed by atoms with Crippen LogP contribution in [0.5, 0.6) is 0 Å². The van der Waals surface area contributed by atoms with Crippen molar-refractivity contribution in [2.24, 2.45) is 5.92 Å². The number of rotatable bonds is 2. The molecule has 2 unspecified atom stereocenters. The highest BCUT2D eigenvalue weighted by Gasteiger charge is 2.40. The fourth-order valence-electron chi connectivity index (χ4n) is 2.41. The van der Waals surface area contributed by atoms with Gasteiger partial charge in [-0.2, -0.15) is 0 Å². The van der Waals surface area contributed by atoms with Crippen LogP contribution in [0.1, 0.15) is 26.3 Å². The van der Waals surface area contributed by atoms with E-state index in [1.807, 2.05) is 26.8 Å². The molecule has 1 saturated heterocycles. The van der Waals surface area contributed by atoms with Gasteiger partial charge in [0.1, 0.15) is 12.1 Å². The normalized spacial score (nSPS) is 23.2. The number of carbonyl (C=O) groups excluding carboxylic acids is 2. The zero-order valence-electron chi connectivity index (χ0n) is 12.1. The van der Waals surface area contributed by atoms with E-state index >= 15 is 0 Å². The van der Waals surface area contributed by atoms with Gasteiger partial charge in [-0.05, 0) is 37.5 Å². The zero-order valence-corrected chi connectivity index (χ0v) is 12.9. The van der Waals surface area contributed by atoms with Crippen LogP contribution in [0.25, 0.3) is 0 Å². The Bertz CT molecular complexity index is 557. The monoisotopic (exact) mass is 294 g/mol. The van der Waals surface area contributed by atoms with Crippen molar-refractivity contribution in [3.05, 3.63) is 28.8 Å². The van der Waals surface area contributed by atoms with Gasteiger partial charge in [0.15, 0.2) is 0 Å². The van der Waals surface area contributed by atoms with E-state index in [0.717, 1.165) is 5.56 Å². The van der Waals surface area contributed by atoms with Gasteiger partial charge in [0.25, 0.3) is 5.91 Å². The van der Waals surface area contributed by atoms with Gasteiger partial charge in [0.05, 0.1) is 0 Å². The number of aryl methyl sites for hydroxylation is 1. The number of nitrogens with zero attached hydrogens (tertiary/aromatic N) is 1. The number of anilines is 1. The first-order valence-electron chi connectivity index (χ1n) is 6.72. The summed E-state index contributed by atoms with van der Waals surface area (Å²) in [6, 6.07) is 4.35. The molecule has 0 bridgehead atoms. The van der Waals surface area contributed by atoms with Crippen LogP contribution in [0.15, 0.2) is 18.2 Å². The average Bonchev–Trinajstić information content (AvgIpc) is 2.37. The summed E-state index contributed by atoms with van der Waals surface area (Å²) in [6.07, 6.45) is 0. The lowest BCUT2D eigenvalue weighted by Gasteiger charge is -2.39. The molecule has 0 radical (unpaired) electrons. The lowest BCUT2D eigenvalue weighted by atomic mass is 9.97. The Morgan fingerprint density at radius 2 is 1.95 bits per heavy atom. The molecule has 1 fully saturated rings. The smallest absolute Gasteiger partial charge is 0.250 e. The zero-order chi connectivity index (χ0) is 15.0. The third kappa shape index (κ3) is 2.52. The van der Waals surface area contributed by atoms with Crippen LogP contribution < -0.4 is 10.2 Å². The Hall–Kier alpha value is -1.55. The molecule has 1 aliphatic heterocycles. The molecule has 1 aromatic rings. The maximum atomic E-state index is 12.7. The molecule has 2 amide bonds. The molecule has 0 aromatic heterocycles. The first-order valence-corrected chi connectivity index (χ1v) is 7.10. The van der Waals surface area contributed by atoms with E-state index in [0.29, 0.717) is 10.7 Å². The molecule has 1 heterocycles. The lowest BCUT2D eigenvalue weighted by molar-refractivity contribution is -0.134. The largest absolute Gasteiger partial charge is 0.342 e. The van der Waals surface area contributed by atoms with Gasteiger partial charge in [-0.1, -0.05) is 31.5 Å². The molecule has 0 aliphatic carbocycles. The van der Waals surface area contributed by atoms with Gasteiger partial charge < -0.3 is 5.32 Å². The number of hydrogen-bond acceptors (Lipinski definition) is 2. The Morgan fingerprint density at radius 3 is 2.55 bits per heavy atom. The van der Waals surface area contributed by atoms with Crippen LogP contribution >= 0.6 is 11.6 Å². The summed E-state index contributed by atoms with van der Waals surface area (Å²) in [6.45, 7) is 7.47. The first kappa shape index (κ1) is 14.9. The topological polar surface area (TPSA) is 49.4 Å². The highest BCUT2D eigenvalue weighted by atomic mass is 35.5. The van der Waals surface area contributed by atoms with Crippen molar-refractivity contribution in [1.29, 1.82) is 0 Å². The molecule has 4 nitrogen and oxygen atoms in total. The number of halogens is 1. The molecule has 20 heavy (non-hydrogen) atoms. The molecule has 2 rings (SSSR count). The van der Waals surface area contributed by atoms with Crippen LogP contribution in [0.4, 0.5) is 5.69 Å². The highest BCUT2D eigenvalue weighted by molar-refractivity contribution is 6.31. The predicted molar refractivity (Wildman–Crippen MR) is 79.9 cm³/mol. The Kier molecular flexibility index (Phi) is 4.04. The molecular weight excluding hydrogens is 276 g/mol. The standard InChI is InChI=1S/C15H19ClN2O2/c1-8(2)13-15(20)18(10(4)14(19)17-13)12-7-11(16)6-5-9(12)3/h5-8,10,13H,1-4H3,(H,17,19). The molecule has 1 aliphatic rings. The van der Waals surface area contributed by atoms with Crippen molar-refractivity contribution >= 4 is 29.1 Å². The summed E-state index contributed by atoms with van der Waals surface area (Å²) in [4.78, 5) is 26.3. The van der Waals surface area contributed by atoms with Gasteiger partial charge in [-0.15, -0.1) is 0 Å². The van der Waals surface area contributed by atoms with Crippen LogP contribution in [0, 0.1) is 12.8 Å². The fraction of sp³-hybridized carbons (Fsp3) is 0.467. The molecule has 0 saturated carbocycles. The third-order valence-corrected chi connectivity index (χ3v) is 3.90. The third-order valence-electron chi connectivity index (χ3n) is 3.67. The second-order valence-electron chi connectivity index (χ2n) is 5.55. The van der Waals surface area contributed by atoms with Crippen molar-refractivity contribution in [3.63, 3.8) is 0 Å². The molecule has 5 heteroatoms. The number of benzene rings is 1. The Balaban J connectivity index is 2.48. The van der Waals surface area contributed by atoms with Gasteiger partial charge >= 0.3 is 0 Å². The summed E-state index contributed by atoms with van der Waals surface area (Å²) in [5, 5.41) is 3.34. The van der Waals surface area contributed by atoms with E-state index < -0.39 is 12.1 Å². The molecular formula is C15H19ClN2O2. The number of carbonyl (C=O) groups is 2.